The standard InChI is InChI=1S/C18H24N4O2/c1-14-5-3-7-17(24)22(14)11-8-16(23)21-10-4-6-15(13-21)18-19-9-12-20(18)2/h3,5,7,9,12,15H,4,6,8,10-11,13H2,1-2H3. The van der Waals surface area contributed by atoms with Crippen LogP contribution in [0.4, 0.5) is 0 Å². The first-order valence-electron chi connectivity index (χ1n) is 8.47. The molecule has 6 heteroatoms. The number of hydrogen-bond donors (Lipinski definition) is 0. The Hall–Kier alpha value is -2.37. The molecular weight excluding hydrogens is 304 g/mol. The highest BCUT2D eigenvalue weighted by atomic mass is 16.2. The first-order valence-corrected chi connectivity index (χ1v) is 8.47. The van der Waals surface area contributed by atoms with Crippen molar-refractivity contribution in [3.8, 4) is 0 Å². The third-order valence-corrected chi connectivity index (χ3v) is 4.81. The van der Waals surface area contributed by atoms with Crippen molar-refractivity contribution in [3.63, 3.8) is 0 Å². The van der Waals surface area contributed by atoms with E-state index >= 15 is 0 Å². The van der Waals surface area contributed by atoms with E-state index in [0.29, 0.717) is 25.4 Å². The van der Waals surface area contributed by atoms with Gasteiger partial charge in [-0.05, 0) is 25.8 Å². The van der Waals surface area contributed by atoms with E-state index < -0.39 is 0 Å². The smallest absolute Gasteiger partial charge is 0.250 e. The zero-order valence-electron chi connectivity index (χ0n) is 14.3. The number of pyridine rings is 1. The number of likely N-dealkylation sites (tertiary alicyclic amines) is 1. The predicted octanol–water partition coefficient (Wildman–Crippen LogP) is 1.69. The molecule has 0 aromatic carbocycles. The fourth-order valence-electron chi connectivity index (χ4n) is 3.46. The molecule has 1 fully saturated rings. The fraction of sp³-hybridized carbons (Fsp3) is 0.500. The molecule has 0 N–H and O–H groups in total. The Morgan fingerprint density at radius 3 is 2.92 bits per heavy atom. The molecule has 24 heavy (non-hydrogen) atoms. The molecule has 1 amide bonds. The number of carbonyl (C=O) groups is 1. The molecule has 128 valence electrons. The van der Waals surface area contributed by atoms with Crippen LogP contribution in [0.25, 0.3) is 0 Å². The van der Waals surface area contributed by atoms with Crippen molar-refractivity contribution in [3.05, 3.63) is 52.5 Å². The predicted molar refractivity (Wildman–Crippen MR) is 91.8 cm³/mol. The van der Waals surface area contributed by atoms with Crippen LogP contribution in [0.3, 0.4) is 0 Å². The van der Waals surface area contributed by atoms with Gasteiger partial charge in [0.25, 0.3) is 5.56 Å². The van der Waals surface area contributed by atoms with Gasteiger partial charge in [0, 0.05) is 63.2 Å². The van der Waals surface area contributed by atoms with Gasteiger partial charge in [-0.2, -0.15) is 0 Å². The first-order chi connectivity index (χ1) is 11.6. The van der Waals surface area contributed by atoms with Gasteiger partial charge in [0.15, 0.2) is 0 Å². The van der Waals surface area contributed by atoms with Crippen LogP contribution in [0.2, 0.25) is 0 Å². The lowest BCUT2D eigenvalue weighted by atomic mass is 9.97. The van der Waals surface area contributed by atoms with Gasteiger partial charge in [0.1, 0.15) is 5.82 Å². The number of aromatic nitrogens is 3. The molecule has 0 aliphatic carbocycles. The second-order valence-corrected chi connectivity index (χ2v) is 6.48. The van der Waals surface area contributed by atoms with E-state index in [9.17, 15) is 9.59 Å². The minimum absolute atomic E-state index is 0.0488. The van der Waals surface area contributed by atoms with Crippen LogP contribution in [-0.4, -0.2) is 38.0 Å². The quantitative estimate of drug-likeness (QED) is 0.858. The Labute approximate surface area is 141 Å². The lowest BCUT2D eigenvalue weighted by Crippen LogP contribution is -2.40. The number of amides is 1. The van der Waals surface area contributed by atoms with Gasteiger partial charge in [-0.25, -0.2) is 4.98 Å². The van der Waals surface area contributed by atoms with Crippen LogP contribution in [0.1, 0.15) is 36.7 Å². The molecular formula is C18H24N4O2. The number of aryl methyl sites for hydroxylation is 2. The molecule has 0 saturated carbocycles. The van der Waals surface area contributed by atoms with E-state index in [1.54, 1.807) is 16.8 Å². The van der Waals surface area contributed by atoms with Gasteiger partial charge < -0.3 is 14.0 Å². The van der Waals surface area contributed by atoms with Gasteiger partial charge in [0.05, 0.1) is 0 Å². The summed E-state index contributed by atoms with van der Waals surface area (Å²) in [5, 5.41) is 0. The summed E-state index contributed by atoms with van der Waals surface area (Å²) in [7, 11) is 1.99. The van der Waals surface area contributed by atoms with Crippen molar-refractivity contribution in [1.82, 2.24) is 19.0 Å². The van der Waals surface area contributed by atoms with Crippen molar-refractivity contribution < 1.29 is 4.79 Å². The topological polar surface area (TPSA) is 60.1 Å². The van der Waals surface area contributed by atoms with Crippen molar-refractivity contribution in [1.29, 1.82) is 0 Å². The zero-order valence-corrected chi connectivity index (χ0v) is 14.3. The Bertz CT molecular complexity index is 777. The van der Waals surface area contributed by atoms with Gasteiger partial charge in [0.2, 0.25) is 5.91 Å². The molecule has 1 aliphatic rings. The maximum absolute atomic E-state index is 12.6. The van der Waals surface area contributed by atoms with E-state index in [1.165, 1.54) is 6.07 Å². The minimum atomic E-state index is -0.0488. The third-order valence-electron chi connectivity index (χ3n) is 4.81. The molecule has 2 aromatic heterocycles. The van der Waals surface area contributed by atoms with E-state index in [4.69, 9.17) is 0 Å². The first kappa shape index (κ1) is 16.5. The Kier molecular flexibility index (Phi) is 4.83. The van der Waals surface area contributed by atoms with Crippen LogP contribution in [0.15, 0.2) is 35.4 Å². The Balaban J connectivity index is 1.63. The largest absolute Gasteiger partial charge is 0.342 e. The lowest BCUT2D eigenvalue weighted by molar-refractivity contribution is -0.132. The van der Waals surface area contributed by atoms with E-state index in [1.807, 2.05) is 35.7 Å². The molecule has 0 bridgehead atoms. The number of hydrogen-bond acceptors (Lipinski definition) is 3. The number of rotatable bonds is 4. The fourth-order valence-corrected chi connectivity index (χ4v) is 3.46. The summed E-state index contributed by atoms with van der Waals surface area (Å²) in [6.07, 6.45) is 6.17. The van der Waals surface area contributed by atoms with Gasteiger partial charge in [-0.3, -0.25) is 9.59 Å². The Morgan fingerprint density at radius 2 is 2.21 bits per heavy atom. The van der Waals surface area contributed by atoms with E-state index in [0.717, 1.165) is 30.9 Å². The second-order valence-electron chi connectivity index (χ2n) is 6.48. The van der Waals surface area contributed by atoms with Crippen LogP contribution in [0.5, 0.6) is 0 Å². The second kappa shape index (κ2) is 7.03. The molecule has 3 heterocycles. The molecule has 2 aromatic rings. The summed E-state index contributed by atoms with van der Waals surface area (Å²) >= 11 is 0. The molecule has 0 spiro atoms. The van der Waals surface area contributed by atoms with E-state index in [-0.39, 0.29) is 11.5 Å². The summed E-state index contributed by atoms with van der Waals surface area (Å²) in [6, 6.07) is 5.18. The highest BCUT2D eigenvalue weighted by molar-refractivity contribution is 5.76. The van der Waals surface area contributed by atoms with Crippen molar-refractivity contribution >= 4 is 5.91 Å². The summed E-state index contributed by atoms with van der Waals surface area (Å²) in [6.45, 7) is 3.84. The summed E-state index contributed by atoms with van der Waals surface area (Å²) < 4.78 is 3.70. The maximum Gasteiger partial charge on any atom is 0.250 e. The summed E-state index contributed by atoms with van der Waals surface area (Å²) in [5.41, 5.74) is 0.840. The zero-order chi connectivity index (χ0) is 17.1. The highest BCUT2D eigenvalue weighted by Crippen LogP contribution is 2.25. The van der Waals surface area contributed by atoms with Crippen molar-refractivity contribution in [2.45, 2.75) is 38.6 Å². The highest BCUT2D eigenvalue weighted by Gasteiger charge is 2.26. The van der Waals surface area contributed by atoms with Crippen LogP contribution < -0.4 is 5.56 Å². The SMILES string of the molecule is Cc1cccc(=O)n1CCC(=O)N1CCCC(c2nccn2C)C1. The Morgan fingerprint density at radius 1 is 1.38 bits per heavy atom. The number of piperidine rings is 1. The third kappa shape index (κ3) is 3.42. The minimum Gasteiger partial charge on any atom is -0.342 e. The van der Waals surface area contributed by atoms with Crippen molar-refractivity contribution in [2.75, 3.05) is 13.1 Å². The molecule has 1 aliphatic heterocycles. The molecule has 0 radical (unpaired) electrons. The molecule has 1 unspecified atom stereocenters. The van der Waals surface area contributed by atoms with Gasteiger partial charge in [-0.15, -0.1) is 0 Å². The van der Waals surface area contributed by atoms with Crippen LogP contribution >= 0.6 is 0 Å². The maximum atomic E-state index is 12.6. The average molecular weight is 328 g/mol. The summed E-state index contributed by atoms with van der Waals surface area (Å²) in [4.78, 5) is 30.8. The normalized spacial score (nSPS) is 17.9. The summed E-state index contributed by atoms with van der Waals surface area (Å²) in [5.74, 6) is 1.45. The number of nitrogens with zero attached hydrogens (tertiary/aromatic N) is 4. The average Bonchev–Trinajstić information content (AvgIpc) is 3.00. The molecule has 6 nitrogen and oxygen atoms in total. The molecule has 3 rings (SSSR count). The van der Waals surface area contributed by atoms with Gasteiger partial charge >= 0.3 is 0 Å². The molecule has 1 atom stereocenters. The number of carbonyl (C=O) groups excluding carboxylic acids is 1. The van der Waals surface area contributed by atoms with Crippen LogP contribution in [-0.2, 0) is 18.4 Å². The lowest BCUT2D eigenvalue weighted by Gasteiger charge is -2.32. The van der Waals surface area contributed by atoms with Crippen LogP contribution in [0, 0.1) is 6.92 Å². The van der Waals surface area contributed by atoms with E-state index in [2.05, 4.69) is 4.98 Å². The van der Waals surface area contributed by atoms with Gasteiger partial charge in [-0.1, -0.05) is 6.07 Å². The molecule has 1 saturated heterocycles. The number of imidazole rings is 1. The monoisotopic (exact) mass is 328 g/mol. The van der Waals surface area contributed by atoms with Crippen molar-refractivity contribution in [2.24, 2.45) is 7.05 Å².